The minimum Gasteiger partial charge on any atom is -0.336 e. The van der Waals surface area contributed by atoms with Gasteiger partial charge in [0, 0.05) is 74.0 Å². The molecule has 0 saturated carbocycles. The van der Waals surface area contributed by atoms with E-state index in [0.717, 1.165) is 24.5 Å². The molecule has 1 aromatic heterocycles. The Bertz CT molecular complexity index is 1750. The van der Waals surface area contributed by atoms with Gasteiger partial charge < -0.3 is 30.7 Å². The van der Waals surface area contributed by atoms with Crippen LogP contribution in [0.25, 0.3) is 0 Å². The van der Waals surface area contributed by atoms with E-state index in [9.17, 15) is 18.0 Å². The van der Waals surface area contributed by atoms with Crippen LogP contribution in [-0.2, 0) is 15.6 Å². The van der Waals surface area contributed by atoms with Crippen LogP contribution >= 0.6 is 12.4 Å². The van der Waals surface area contributed by atoms with Crippen LogP contribution in [0.15, 0.2) is 85.1 Å². The number of hydrogen-bond acceptors (Lipinski definition) is 9. The molecule has 4 aromatic rings. The van der Waals surface area contributed by atoms with Crippen molar-refractivity contribution in [2.24, 2.45) is 0 Å². The van der Waals surface area contributed by atoms with E-state index in [1.807, 2.05) is 36.0 Å². The number of likely N-dealkylation sites (N-methyl/N-ethyl adjacent to an activating group) is 1. The third-order valence-electron chi connectivity index (χ3n) is 7.32. The summed E-state index contributed by atoms with van der Waals surface area (Å²) in [7, 11) is 0.815. The summed E-state index contributed by atoms with van der Waals surface area (Å²) in [4.78, 5) is 40.2. The lowest BCUT2D eigenvalue weighted by atomic mass is 10.1. The molecule has 242 valence electrons. The second-order valence-corrected chi connectivity index (χ2v) is 13.1. The van der Waals surface area contributed by atoms with Gasteiger partial charge >= 0.3 is 6.03 Å². The van der Waals surface area contributed by atoms with Gasteiger partial charge in [0.25, 0.3) is 5.91 Å². The summed E-state index contributed by atoms with van der Waals surface area (Å²) in [5, 5.41) is 8.77. The summed E-state index contributed by atoms with van der Waals surface area (Å²) in [5.74, 6) is 1.02. The van der Waals surface area contributed by atoms with Gasteiger partial charge in [-0.3, -0.25) is 4.79 Å². The molecule has 0 radical (unpaired) electrons. The SMILES string of the molecule is CN1CCN(C(=O)c2ccc(NC(=O)Nc3ccc(N(C)c4ccnc(Nc5ccc(CS(C)(=O)=O)cc5)n4)cc3)cc2)CC1.Cl. The van der Waals surface area contributed by atoms with Gasteiger partial charge in [-0.25, -0.2) is 18.2 Å². The van der Waals surface area contributed by atoms with E-state index < -0.39 is 15.9 Å². The summed E-state index contributed by atoms with van der Waals surface area (Å²) in [5.41, 5.74) is 4.06. The number of nitrogens with one attached hydrogen (secondary N) is 3. The van der Waals surface area contributed by atoms with Crippen molar-refractivity contribution in [2.45, 2.75) is 5.75 Å². The number of carbonyl (C=O) groups is 2. The minimum absolute atomic E-state index is 0. The summed E-state index contributed by atoms with van der Waals surface area (Å²) in [6.45, 7) is 3.12. The number of carbonyl (C=O) groups excluding carboxylic acids is 2. The number of nitrogens with zero attached hydrogens (tertiary/aromatic N) is 5. The molecule has 1 saturated heterocycles. The second kappa shape index (κ2) is 15.0. The molecule has 3 amide bonds. The van der Waals surface area contributed by atoms with Gasteiger partial charge in [0.2, 0.25) is 5.95 Å². The van der Waals surface area contributed by atoms with Crippen LogP contribution in [0.1, 0.15) is 15.9 Å². The number of piperazine rings is 1. The lowest BCUT2D eigenvalue weighted by molar-refractivity contribution is 0.0664. The van der Waals surface area contributed by atoms with Crippen molar-refractivity contribution >= 4 is 68.7 Å². The topological polar surface area (TPSA) is 140 Å². The van der Waals surface area contributed by atoms with Gasteiger partial charge in [0.1, 0.15) is 5.82 Å². The van der Waals surface area contributed by atoms with Crippen LogP contribution in [0.4, 0.5) is 39.3 Å². The molecule has 14 heteroatoms. The molecule has 3 aromatic carbocycles. The third kappa shape index (κ3) is 9.39. The largest absolute Gasteiger partial charge is 0.336 e. The fourth-order valence-electron chi connectivity index (χ4n) is 4.79. The monoisotopic (exact) mass is 664 g/mol. The maximum absolute atomic E-state index is 12.8. The number of aromatic nitrogens is 2. The minimum atomic E-state index is -3.11. The molecule has 1 aliphatic heterocycles. The van der Waals surface area contributed by atoms with E-state index in [2.05, 4.69) is 30.8 Å². The Kier molecular flexibility index (Phi) is 11.2. The zero-order valence-corrected chi connectivity index (χ0v) is 27.4. The number of anilines is 6. The fraction of sp³-hybridized carbons (Fsp3) is 0.250. The van der Waals surface area contributed by atoms with Gasteiger partial charge in [0.05, 0.1) is 5.75 Å². The van der Waals surface area contributed by atoms with E-state index in [4.69, 9.17) is 0 Å². The van der Waals surface area contributed by atoms with Crippen molar-refractivity contribution in [1.82, 2.24) is 19.8 Å². The first-order valence-electron chi connectivity index (χ1n) is 14.4. The van der Waals surface area contributed by atoms with E-state index in [1.54, 1.807) is 72.9 Å². The Morgan fingerprint density at radius 2 is 1.39 bits per heavy atom. The van der Waals surface area contributed by atoms with Crippen molar-refractivity contribution in [3.63, 3.8) is 0 Å². The fourth-order valence-corrected chi connectivity index (χ4v) is 5.59. The summed E-state index contributed by atoms with van der Waals surface area (Å²) < 4.78 is 23.1. The van der Waals surface area contributed by atoms with Gasteiger partial charge in [-0.2, -0.15) is 4.98 Å². The van der Waals surface area contributed by atoms with E-state index >= 15 is 0 Å². The molecule has 0 bridgehead atoms. The quantitative estimate of drug-likeness (QED) is 0.226. The first kappa shape index (κ1) is 34.2. The highest BCUT2D eigenvalue weighted by molar-refractivity contribution is 7.89. The van der Waals surface area contributed by atoms with Crippen molar-refractivity contribution < 1.29 is 18.0 Å². The second-order valence-electron chi connectivity index (χ2n) is 11.0. The number of rotatable bonds is 9. The molecule has 3 N–H and O–H groups in total. The highest BCUT2D eigenvalue weighted by Crippen LogP contribution is 2.25. The molecule has 1 aliphatic rings. The molecule has 0 aliphatic carbocycles. The van der Waals surface area contributed by atoms with Crippen LogP contribution in [0.2, 0.25) is 0 Å². The highest BCUT2D eigenvalue weighted by Gasteiger charge is 2.20. The standard InChI is InChI=1S/C32H36N8O4S.ClH/c1-38-18-20-40(21-19-38)30(41)24-6-10-26(11-7-24)35-32(42)36-27-12-14-28(15-13-27)39(2)29-16-17-33-31(37-29)34-25-8-4-23(5-9-25)22-45(3,43)44;/h4-17H,18-22H2,1-3H3,(H,33,34,37)(H2,35,36,42);1H. The number of benzene rings is 3. The van der Waals surface area contributed by atoms with E-state index in [0.29, 0.717) is 47.4 Å². The van der Waals surface area contributed by atoms with Crippen molar-refractivity contribution in [3.05, 3.63) is 96.2 Å². The summed E-state index contributed by atoms with van der Waals surface area (Å²) in [6.07, 6.45) is 2.85. The van der Waals surface area contributed by atoms with Crippen LogP contribution in [0, 0.1) is 0 Å². The number of sulfone groups is 1. The Hall–Kier alpha value is -4.72. The van der Waals surface area contributed by atoms with E-state index in [1.165, 1.54) is 6.26 Å². The molecule has 12 nitrogen and oxygen atoms in total. The number of hydrogen-bond donors (Lipinski definition) is 3. The van der Waals surface area contributed by atoms with Crippen LogP contribution in [0.3, 0.4) is 0 Å². The average Bonchev–Trinajstić information content (AvgIpc) is 3.02. The third-order valence-corrected chi connectivity index (χ3v) is 8.17. The average molecular weight is 665 g/mol. The van der Waals surface area contributed by atoms with Gasteiger partial charge in [-0.05, 0) is 79.3 Å². The molecular formula is C32H37ClN8O4S. The maximum atomic E-state index is 12.8. The molecular weight excluding hydrogens is 628 g/mol. The summed E-state index contributed by atoms with van der Waals surface area (Å²) in [6, 6.07) is 22.7. The van der Waals surface area contributed by atoms with Gasteiger partial charge in [-0.1, -0.05) is 12.1 Å². The smallest absolute Gasteiger partial charge is 0.323 e. The normalized spacial score (nSPS) is 13.3. The summed E-state index contributed by atoms with van der Waals surface area (Å²) >= 11 is 0. The zero-order valence-electron chi connectivity index (χ0n) is 25.8. The first-order valence-corrected chi connectivity index (χ1v) is 16.4. The molecule has 2 heterocycles. The van der Waals surface area contributed by atoms with Crippen LogP contribution in [0.5, 0.6) is 0 Å². The number of urea groups is 1. The predicted octanol–water partition coefficient (Wildman–Crippen LogP) is 4.99. The van der Waals surface area contributed by atoms with Crippen molar-refractivity contribution in [2.75, 3.05) is 67.4 Å². The molecule has 5 rings (SSSR count). The number of halogens is 1. The Balaban J connectivity index is 0.00000480. The maximum Gasteiger partial charge on any atom is 0.323 e. The Morgan fingerprint density at radius 1 is 0.826 bits per heavy atom. The Labute approximate surface area is 275 Å². The molecule has 0 atom stereocenters. The van der Waals surface area contributed by atoms with Crippen molar-refractivity contribution in [1.29, 1.82) is 0 Å². The lowest BCUT2D eigenvalue weighted by Crippen LogP contribution is -2.47. The van der Waals surface area contributed by atoms with Crippen LogP contribution < -0.4 is 20.9 Å². The molecule has 1 fully saturated rings. The molecule has 0 spiro atoms. The first-order chi connectivity index (χ1) is 21.5. The molecule has 0 unspecified atom stereocenters. The molecule has 46 heavy (non-hydrogen) atoms. The zero-order chi connectivity index (χ0) is 32.0. The van der Waals surface area contributed by atoms with E-state index in [-0.39, 0.29) is 24.1 Å². The van der Waals surface area contributed by atoms with Gasteiger partial charge in [0.15, 0.2) is 9.84 Å². The predicted molar refractivity (Wildman–Crippen MR) is 185 cm³/mol. The Morgan fingerprint density at radius 3 is 1.98 bits per heavy atom. The number of amides is 3. The van der Waals surface area contributed by atoms with Gasteiger partial charge in [-0.15, -0.1) is 12.4 Å². The van der Waals surface area contributed by atoms with Crippen molar-refractivity contribution in [3.8, 4) is 0 Å². The highest BCUT2D eigenvalue weighted by atomic mass is 35.5. The lowest BCUT2D eigenvalue weighted by Gasteiger charge is -2.32. The van der Waals surface area contributed by atoms with Crippen LogP contribution in [-0.4, -0.2) is 86.7 Å².